The van der Waals surface area contributed by atoms with Crippen molar-refractivity contribution in [3.63, 3.8) is 0 Å². The largest absolute Gasteiger partial charge is 0.305 e. The Labute approximate surface area is 116 Å². The van der Waals surface area contributed by atoms with E-state index in [2.05, 4.69) is 15.3 Å². The molecule has 1 aromatic carbocycles. The fourth-order valence-electron chi connectivity index (χ4n) is 1.25. The fourth-order valence-corrected chi connectivity index (χ4v) is 1.53. The molecule has 0 fully saturated rings. The predicted molar refractivity (Wildman–Crippen MR) is 66.4 cm³/mol. The number of rotatable bonds is 2. The summed E-state index contributed by atoms with van der Waals surface area (Å²) in [4.78, 5) is 19.1. The number of anilines is 1. The molecule has 4 nitrogen and oxygen atoms in total. The first-order chi connectivity index (χ1) is 8.99. The zero-order valence-corrected chi connectivity index (χ0v) is 10.6. The summed E-state index contributed by atoms with van der Waals surface area (Å²) in [6.07, 6.45) is 1.11. The van der Waals surface area contributed by atoms with Crippen molar-refractivity contribution < 1.29 is 13.6 Å². The lowest BCUT2D eigenvalue weighted by molar-refractivity contribution is 0.102. The van der Waals surface area contributed by atoms with E-state index in [9.17, 15) is 13.6 Å². The molecule has 0 radical (unpaired) electrons. The number of carbonyl (C=O) groups is 1. The number of hydrogen-bond donors (Lipinski definition) is 1. The SMILES string of the molecule is O=C(Nc1ncnc(Cl)c1Cl)c1ccc(F)c(F)c1. The van der Waals surface area contributed by atoms with Crippen LogP contribution in [0.25, 0.3) is 0 Å². The van der Waals surface area contributed by atoms with Gasteiger partial charge in [0.25, 0.3) is 5.91 Å². The summed E-state index contributed by atoms with van der Waals surface area (Å²) in [5.74, 6) is -2.88. The number of nitrogens with zero attached hydrogens (tertiary/aromatic N) is 2. The lowest BCUT2D eigenvalue weighted by Crippen LogP contribution is -2.14. The van der Waals surface area contributed by atoms with E-state index in [1.807, 2.05) is 0 Å². The lowest BCUT2D eigenvalue weighted by Gasteiger charge is -2.06. The van der Waals surface area contributed by atoms with Crippen LogP contribution in [0.15, 0.2) is 24.5 Å². The van der Waals surface area contributed by atoms with E-state index in [4.69, 9.17) is 23.2 Å². The lowest BCUT2D eigenvalue weighted by atomic mass is 10.2. The van der Waals surface area contributed by atoms with E-state index in [1.165, 1.54) is 0 Å². The van der Waals surface area contributed by atoms with Crippen molar-refractivity contribution in [3.8, 4) is 0 Å². The van der Waals surface area contributed by atoms with Crippen molar-refractivity contribution in [2.75, 3.05) is 5.32 Å². The van der Waals surface area contributed by atoms with Crippen LogP contribution in [0.4, 0.5) is 14.6 Å². The summed E-state index contributed by atoms with van der Waals surface area (Å²) in [5, 5.41) is 2.25. The summed E-state index contributed by atoms with van der Waals surface area (Å²) in [6, 6.07) is 2.74. The van der Waals surface area contributed by atoms with Gasteiger partial charge in [0.15, 0.2) is 22.6 Å². The van der Waals surface area contributed by atoms with E-state index < -0.39 is 17.5 Å². The van der Waals surface area contributed by atoms with Gasteiger partial charge in [0.05, 0.1) is 0 Å². The number of amides is 1. The van der Waals surface area contributed by atoms with Gasteiger partial charge in [0.2, 0.25) is 0 Å². The van der Waals surface area contributed by atoms with Crippen LogP contribution in [-0.4, -0.2) is 15.9 Å². The molecule has 0 bridgehead atoms. The third kappa shape index (κ3) is 2.97. The third-order valence-corrected chi connectivity index (χ3v) is 2.90. The highest BCUT2D eigenvalue weighted by molar-refractivity contribution is 6.43. The molecule has 98 valence electrons. The maximum absolute atomic E-state index is 13.0. The molecule has 0 unspecified atom stereocenters. The molecule has 19 heavy (non-hydrogen) atoms. The van der Waals surface area contributed by atoms with Gasteiger partial charge in [-0.3, -0.25) is 4.79 Å². The van der Waals surface area contributed by atoms with Crippen LogP contribution in [-0.2, 0) is 0 Å². The number of carbonyl (C=O) groups excluding carboxylic acids is 1. The fraction of sp³-hybridized carbons (Fsp3) is 0. The maximum atomic E-state index is 13.0. The monoisotopic (exact) mass is 303 g/mol. The van der Waals surface area contributed by atoms with Gasteiger partial charge in [-0.15, -0.1) is 0 Å². The molecule has 0 saturated heterocycles. The zero-order chi connectivity index (χ0) is 14.0. The van der Waals surface area contributed by atoms with Crippen LogP contribution in [0.3, 0.4) is 0 Å². The van der Waals surface area contributed by atoms with Gasteiger partial charge in [-0.25, -0.2) is 18.7 Å². The summed E-state index contributed by atoms with van der Waals surface area (Å²) in [7, 11) is 0. The molecule has 0 spiro atoms. The van der Waals surface area contributed by atoms with Crippen LogP contribution in [0.5, 0.6) is 0 Å². The van der Waals surface area contributed by atoms with E-state index in [0.29, 0.717) is 0 Å². The van der Waals surface area contributed by atoms with E-state index in [1.54, 1.807) is 0 Å². The minimum Gasteiger partial charge on any atom is -0.305 e. The maximum Gasteiger partial charge on any atom is 0.256 e. The highest BCUT2D eigenvalue weighted by atomic mass is 35.5. The molecular formula is C11H5Cl2F2N3O. The van der Waals surface area contributed by atoms with Crippen LogP contribution < -0.4 is 5.32 Å². The first kappa shape index (κ1) is 13.6. The second-order valence-corrected chi connectivity index (χ2v) is 4.15. The van der Waals surface area contributed by atoms with Crippen LogP contribution in [0, 0.1) is 11.6 Å². The standard InChI is InChI=1S/C11H5Cl2F2N3O/c12-8-9(13)16-4-17-10(8)18-11(19)5-1-2-6(14)7(15)3-5/h1-4H,(H,16,17,18,19). The molecule has 1 amide bonds. The molecule has 1 aromatic heterocycles. The van der Waals surface area contributed by atoms with E-state index >= 15 is 0 Å². The molecule has 0 aliphatic heterocycles. The van der Waals surface area contributed by atoms with Crippen LogP contribution in [0.2, 0.25) is 10.2 Å². The number of hydrogen-bond acceptors (Lipinski definition) is 3. The molecule has 2 rings (SSSR count). The zero-order valence-electron chi connectivity index (χ0n) is 9.12. The topological polar surface area (TPSA) is 54.9 Å². The highest BCUT2D eigenvalue weighted by Gasteiger charge is 2.14. The van der Waals surface area contributed by atoms with Gasteiger partial charge in [0, 0.05) is 5.56 Å². The minimum absolute atomic E-state index is 0.0172. The van der Waals surface area contributed by atoms with Crippen molar-refractivity contribution in [3.05, 3.63) is 51.9 Å². The summed E-state index contributed by atoms with van der Waals surface area (Å²) in [6.45, 7) is 0. The Kier molecular flexibility index (Phi) is 3.92. The molecule has 2 aromatic rings. The second kappa shape index (κ2) is 5.46. The Hall–Kier alpha value is -1.79. The second-order valence-electron chi connectivity index (χ2n) is 3.41. The van der Waals surface area contributed by atoms with Gasteiger partial charge >= 0.3 is 0 Å². The Morgan fingerprint density at radius 2 is 1.89 bits per heavy atom. The van der Waals surface area contributed by atoms with Crippen molar-refractivity contribution in [2.24, 2.45) is 0 Å². The van der Waals surface area contributed by atoms with Gasteiger partial charge in [-0.05, 0) is 18.2 Å². The Morgan fingerprint density at radius 3 is 2.58 bits per heavy atom. The number of nitrogens with one attached hydrogen (secondary N) is 1. The molecule has 0 aliphatic carbocycles. The number of benzene rings is 1. The highest BCUT2D eigenvalue weighted by Crippen LogP contribution is 2.25. The van der Waals surface area contributed by atoms with Crippen LogP contribution >= 0.6 is 23.2 Å². The van der Waals surface area contributed by atoms with E-state index in [0.717, 1.165) is 24.5 Å². The Bertz CT molecular complexity index is 652. The van der Waals surface area contributed by atoms with Gasteiger partial charge < -0.3 is 5.32 Å². The predicted octanol–water partition coefficient (Wildman–Crippen LogP) is 3.31. The molecule has 1 heterocycles. The number of aromatic nitrogens is 2. The summed E-state index contributed by atoms with van der Waals surface area (Å²) < 4.78 is 25.7. The average molecular weight is 304 g/mol. The smallest absolute Gasteiger partial charge is 0.256 e. The van der Waals surface area contributed by atoms with Crippen molar-refractivity contribution in [1.29, 1.82) is 0 Å². The number of halogens is 4. The third-order valence-electron chi connectivity index (χ3n) is 2.16. The van der Waals surface area contributed by atoms with Gasteiger partial charge in [0.1, 0.15) is 11.3 Å². The van der Waals surface area contributed by atoms with Gasteiger partial charge in [-0.2, -0.15) is 0 Å². The quantitative estimate of drug-likeness (QED) is 0.866. The average Bonchev–Trinajstić information content (AvgIpc) is 2.38. The normalized spacial score (nSPS) is 10.3. The molecule has 0 atom stereocenters. The van der Waals surface area contributed by atoms with E-state index in [-0.39, 0.29) is 21.6 Å². The Morgan fingerprint density at radius 1 is 1.16 bits per heavy atom. The van der Waals surface area contributed by atoms with Gasteiger partial charge in [-0.1, -0.05) is 23.2 Å². The van der Waals surface area contributed by atoms with Crippen molar-refractivity contribution in [2.45, 2.75) is 0 Å². The van der Waals surface area contributed by atoms with Crippen molar-refractivity contribution in [1.82, 2.24) is 9.97 Å². The molecule has 8 heteroatoms. The minimum atomic E-state index is -1.13. The first-order valence-corrected chi connectivity index (χ1v) is 5.67. The summed E-state index contributed by atoms with van der Waals surface area (Å²) in [5.41, 5.74) is -0.0790. The first-order valence-electron chi connectivity index (χ1n) is 4.91. The molecule has 0 aliphatic rings. The molecule has 1 N–H and O–H groups in total. The molecular weight excluding hydrogens is 299 g/mol. The molecule has 0 saturated carbocycles. The summed E-state index contributed by atoms with van der Waals surface area (Å²) >= 11 is 11.4. The van der Waals surface area contributed by atoms with Crippen molar-refractivity contribution >= 4 is 34.9 Å². The van der Waals surface area contributed by atoms with Crippen LogP contribution in [0.1, 0.15) is 10.4 Å². The Balaban J connectivity index is 2.26.